The summed E-state index contributed by atoms with van der Waals surface area (Å²) in [6, 6.07) is 35.0. The third-order valence-corrected chi connectivity index (χ3v) is 14.9. The Morgan fingerprint density at radius 3 is 2.27 bits per heavy atom. The normalized spacial score (nSPS) is 23.8. The minimum absolute atomic E-state index is 0.142. The Morgan fingerprint density at radius 2 is 1.51 bits per heavy atom. The van der Waals surface area contributed by atoms with E-state index in [1.807, 2.05) is 0 Å². The van der Waals surface area contributed by atoms with Crippen molar-refractivity contribution < 1.29 is 9.13 Å². The number of allylic oxidation sites excluding steroid dienone is 1. The van der Waals surface area contributed by atoms with Gasteiger partial charge in [-0.05, 0) is 59.2 Å². The minimum atomic E-state index is -1.62. The van der Waals surface area contributed by atoms with Crippen LogP contribution >= 0.6 is 0 Å². The van der Waals surface area contributed by atoms with Gasteiger partial charge in [-0.1, -0.05) is 125 Å². The molecule has 2 aliphatic heterocycles. The van der Waals surface area contributed by atoms with Gasteiger partial charge in [-0.2, -0.15) is 9.13 Å². The smallest absolute Gasteiger partial charge is 0.194 e. The van der Waals surface area contributed by atoms with Crippen LogP contribution in [0.25, 0.3) is 33.6 Å². The maximum atomic E-state index is 4.62. The first-order valence-electron chi connectivity index (χ1n) is 18.8. The summed E-state index contributed by atoms with van der Waals surface area (Å²) in [7, 11) is -1.62. The lowest BCUT2D eigenvalue weighted by Crippen LogP contribution is -2.80. The standard InChI is InChI=1S/C46H50N2Si/c1-6-40-45-44(46(40)28-34-21-13-14-22-36(34)42-27-39(31(2)29-48(42)46)33-19-11-8-12-20-33)38-24-16-15-23-37(38)41-26-35(25-32-17-9-7-10-18-32)43(30-47(41)45)49(3,4)5/h6,8,11-16,19-24,26-27,29-30,32,40,44-45H,1,7,9-10,17-18,25,28H2,2-5H3/q+2. The predicted molar refractivity (Wildman–Crippen MR) is 205 cm³/mol. The third-order valence-electron chi connectivity index (χ3n) is 12.8. The van der Waals surface area contributed by atoms with E-state index in [1.54, 1.807) is 10.8 Å². The molecule has 4 atom stereocenters. The number of aromatic nitrogens is 2. The molecule has 246 valence electrons. The van der Waals surface area contributed by atoms with Crippen LogP contribution in [0.5, 0.6) is 0 Å². The van der Waals surface area contributed by atoms with Crippen LogP contribution in [-0.2, 0) is 18.4 Å². The van der Waals surface area contributed by atoms with E-state index in [9.17, 15) is 0 Å². The molecular formula is C46H50N2Si+2. The highest BCUT2D eigenvalue weighted by atomic mass is 28.3. The van der Waals surface area contributed by atoms with Gasteiger partial charge in [0.15, 0.2) is 24.0 Å². The molecule has 2 fully saturated rings. The van der Waals surface area contributed by atoms with Crippen LogP contribution < -0.4 is 14.3 Å². The van der Waals surface area contributed by atoms with Crippen LogP contribution in [0.4, 0.5) is 0 Å². The van der Waals surface area contributed by atoms with Crippen LogP contribution in [0.1, 0.15) is 66.3 Å². The molecule has 4 heterocycles. The third kappa shape index (κ3) is 4.64. The minimum Gasteiger partial charge on any atom is -0.194 e. The largest absolute Gasteiger partial charge is 0.213 e. The molecule has 49 heavy (non-hydrogen) atoms. The highest BCUT2D eigenvalue weighted by Gasteiger charge is 2.76. The summed E-state index contributed by atoms with van der Waals surface area (Å²) in [4.78, 5) is 0. The molecule has 2 saturated carbocycles. The van der Waals surface area contributed by atoms with E-state index in [4.69, 9.17) is 0 Å². The Balaban J connectivity index is 1.26. The summed E-state index contributed by atoms with van der Waals surface area (Å²) in [5.74, 6) is 1.44. The van der Waals surface area contributed by atoms with Gasteiger partial charge >= 0.3 is 0 Å². The van der Waals surface area contributed by atoms with Crippen LogP contribution in [0.3, 0.4) is 0 Å². The van der Waals surface area contributed by atoms with E-state index in [0.717, 1.165) is 12.3 Å². The quantitative estimate of drug-likeness (QED) is 0.101. The summed E-state index contributed by atoms with van der Waals surface area (Å²) in [5.41, 5.74) is 13.9. The Kier molecular flexibility index (Phi) is 7.25. The number of hydrogen-bond donors (Lipinski definition) is 0. The van der Waals surface area contributed by atoms with Gasteiger partial charge in [0.25, 0.3) is 0 Å². The molecule has 3 aromatic carbocycles. The molecule has 9 rings (SSSR count). The van der Waals surface area contributed by atoms with Gasteiger partial charge in [0.1, 0.15) is 11.8 Å². The second-order valence-electron chi connectivity index (χ2n) is 16.6. The zero-order chi connectivity index (χ0) is 33.5. The van der Waals surface area contributed by atoms with Gasteiger partial charge in [0, 0.05) is 34.9 Å². The molecule has 0 amide bonds. The molecule has 4 unspecified atom stereocenters. The number of hydrogen-bond acceptors (Lipinski definition) is 0. The molecule has 0 bridgehead atoms. The highest BCUT2D eigenvalue weighted by Crippen LogP contribution is 2.64. The zero-order valence-corrected chi connectivity index (χ0v) is 30.8. The van der Waals surface area contributed by atoms with Crippen LogP contribution in [-0.4, -0.2) is 8.07 Å². The average molecular weight is 659 g/mol. The second-order valence-corrected chi connectivity index (χ2v) is 21.6. The first kappa shape index (κ1) is 30.9. The lowest BCUT2D eigenvalue weighted by atomic mass is 9.48. The molecule has 2 aromatic heterocycles. The fraction of sp³-hybridized carbons (Fsp3) is 0.348. The molecular weight excluding hydrogens is 609 g/mol. The van der Waals surface area contributed by atoms with Crippen LogP contribution in [0, 0.1) is 18.8 Å². The predicted octanol–water partition coefficient (Wildman–Crippen LogP) is 9.64. The molecule has 3 heteroatoms. The fourth-order valence-corrected chi connectivity index (χ4v) is 12.3. The second kappa shape index (κ2) is 11.5. The number of pyridine rings is 2. The number of rotatable bonds is 5. The van der Waals surface area contributed by atoms with E-state index < -0.39 is 8.07 Å². The Morgan fingerprint density at radius 1 is 0.796 bits per heavy atom. The fourth-order valence-electron chi connectivity index (χ4n) is 10.6. The topological polar surface area (TPSA) is 7.76 Å². The van der Waals surface area contributed by atoms with Gasteiger partial charge in [0.2, 0.25) is 11.4 Å². The summed E-state index contributed by atoms with van der Waals surface area (Å²) in [5, 5.41) is 1.66. The van der Waals surface area contributed by atoms with Gasteiger partial charge < -0.3 is 0 Å². The lowest BCUT2D eigenvalue weighted by Gasteiger charge is -2.56. The maximum absolute atomic E-state index is 4.62. The average Bonchev–Trinajstić information content (AvgIpc) is 3.11. The number of benzene rings is 3. The van der Waals surface area contributed by atoms with E-state index >= 15 is 0 Å². The van der Waals surface area contributed by atoms with Crippen molar-refractivity contribution in [1.29, 1.82) is 0 Å². The molecule has 2 aliphatic carbocycles. The van der Waals surface area contributed by atoms with Crippen molar-refractivity contribution in [1.82, 2.24) is 0 Å². The molecule has 2 nitrogen and oxygen atoms in total. The first-order chi connectivity index (χ1) is 23.8. The molecule has 0 radical (unpaired) electrons. The van der Waals surface area contributed by atoms with Gasteiger partial charge in [0.05, 0.1) is 13.6 Å². The highest BCUT2D eigenvalue weighted by molar-refractivity contribution is 6.89. The lowest BCUT2D eigenvalue weighted by molar-refractivity contribution is -0.837. The van der Waals surface area contributed by atoms with E-state index in [-0.39, 0.29) is 11.5 Å². The van der Waals surface area contributed by atoms with Gasteiger partial charge in [-0.15, -0.1) is 6.58 Å². The molecule has 5 aromatic rings. The monoisotopic (exact) mass is 658 g/mol. The van der Waals surface area contributed by atoms with E-state index in [1.165, 1.54) is 88.9 Å². The Labute approximate surface area is 294 Å². The van der Waals surface area contributed by atoms with Crippen LogP contribution in [0.2, 0.25) is 19.6 Å². The molecule has 0 saturated heterocycles. The van der Waals surface area contributed by atoms with Crippen molar-refractivity contribution >= 4 is 13.3 Å². The Hall–Kier alpha value is -4.08. The van der Waals surface area contributed by atoms with Gasteiger partial charge in [-0.3, -0.25) is 0 Å². The number of aryl methyl sites for hydroxylation is 1. The van der Waals surface area contributed by atoms with Gasteiger partial charge in [-0.25, -0.2) is 0 Å². The van der Waals surface area contributed by atoms with Crippen LogP contribution in [0.15, 0.2) is 116 Å². The molecule has 1 spiro atoms. The molecule has 4 aliphatic rings. The number of nitrogens with zero attached hydrogens (tertiary/aromatic N) is 2. The van der Waals surface area contributed by atoms with Crippen molar-refractivity contribution in [3.63, 3.8) is 0 Å². The summed E-state index contributed by atoms with van der Waals surface area (Å²) >= 11 is 0. The first-order valence-corrected chi connectivity index (χ1v) is 22.3. The van der Waals surface area contributed by atoms with Crippen molar-refractivity contribution in [2.45, 2.75) is 89.0 Å². The van der Waals surface area contributed by atoms with Crippen molar-refractivity contribution in [3.8, 4) is 33.6 Å². The van der Waals surface area contributed by atoms with E-state index in [2.05, 4.69) is 152 Å². The summed E-state index contributed by atoms with van der Waals surface area (Å²) < 4.78 is 5.46. The van der Waals surface area contributed by atoms with E-state index in [0.29, 0.717) is 12.0 Å². The number of fused-ring (bicyclic) bond motifs is 11. The molecule has 0 N–H and O–H groups in total. The maximum Gasteiger partial charge on any atom is 0.213 e. The van der Waals surface area contributed by atoms with Crippen molar-refractivity contribution in [2.24, 2.45) is 11.8 Å². The summed E-state index contributed by atoms with van der Waals surface area (Å²) in [6.45, 7) is 14.6. The zero-order valence-electron chi connectivity index (χ0n) is 29.8. The summed E-state index contributed by atoms with van der Waals surface area (Å²) in [6.07, 6.45) is 16.7. The van der Waals surface area contributed by atoms with Crippen molar-refractivity contribution in [2.75, 3.05) is 0 Å². The SMILES string of the molecule is C=CC1C2C(c3ccccc3-c3cc(CC4CCCCC4)c([Si](C)(C)C)c[n+]32)C12Cc1ccccc1-c1cc(-c3ccccc3)c(C)c[n+]12. The Bertz CT molecular complexity index is 2100. The van der Waals surface area contributed by atoms with Crippen molar-refractivity contribution in [3.05, 3.63) is 138 Å².